The first-order valence-corrected chi connectivity index (χ1v) is 11.0. The van der Waals surface area contributed by atoms with E-state index in [9.17, 15) is 9.59 Å². The van der Waals surface area contributed by atoms with Crippen LogP contribution in [0.4, 0.5) is 0 Å². The Labute approximate surface area is 196 Å². The summed E-state index contributed by atoms with van der Waals surface area (Å²) in [6.45, 7) is 0.957. The Morgan fingerprint density at radius 2 is 1.88 bits per heavy atom. The highest BCUT2D eigenvalue weighted by Gasteiger charge is 2.44. The number of carbonyl (C=O) groups is 2. The lowest BCUT2D eigenvalue weighted by Crippen LogP contribution is -2.52. The van der Waals surface area contributed by atoms with Gasteiger partial charge < -0.3 is 19.1 Å². The van der Waals surface area contributed by atoms with Gasteiger partial charge >= 0.3 is 0 Å². The summed E-state index contributed by atoms with van der Waals surface area (Å²) in [6.07, 6.45) is 4.57. The number of benzene rings is 2. The molecule has 1 saturated heterocycles. The van der Waals surface area contributed by atoms with Crippen molar-refractivity contribution < 1.29 is 23.8 Å². The predicted octanol–water partition coefficient (Wildman–Crippen LogP) is 5.05. The van der Waals surface area contributed by atoms with E-state index in [-0.39, 0.29) is 18.1 Å². The minimum atomic E-state index is -0.655. The van der Waals surface area contributed by atoms with Crippen LogP contribution < -0.4 is 14.2 Å². The van der Waals surface area contributed by atoms with Crippen molar-refractivity contribution in [2.45, 2.75) is 24.9 Å². The van der Waals surface area contributed by atoms with Gasteiger partial charge in [-0.2, -0.15) is 0 Å². The number of halogens is 2. The van der Waals surface area contributed by atoms with E-state index in [4.69, 9.17) is 37.4 Å². The number of nitrogens with zero attached hydrogens (tertiary/aromatic N) is 1. The Morgan fingerprint density at radius 1 is 1.12 bits per heavy atom. The predicted molar refractivity (Wildman–Crippen MR) is 123 cm³/mol. The number of fused-ring (bicyclic) bond motifs is 1. The summed E-state index contributed by atoms with van der Waals surface area (Å²) in [7, 11) is 3.16. The maximum Gasteiger partial charge on any atom is 0.246 e. The van der Waals surface area contributed by atoms with Gasteiger partial charge in [-0.25, -0.2) is 0 Å². The van der Waals surface area contributed by atoms with Gasteiger partial charge in [-0.1, -0.05) is 23.2 Å². The monoisotopic (exact) mass is 475 g/mol. The molecule has 2 aromatic rings. The molecule has 0 atom stereocenters. The highest BCUT2D eigenvalue weighted by molar-refractivity contribution is 6.36. The van der Waals surface area contributed by atoms with Crippen molar-refractivity contribution in [3.05, 3.63) is 57.6 Å². The third-order valence-corrected chi connectivity index (χ3v) is 6.44. The van der Waals surface area contributed by atoms with Crippen LogP contribution in [0.15, 0.2) is 36.4 Å². The fraction of sp³-hybridized carbons (Fsp3) is 0.333. The van der Waals surface area contributed by atoms with Crippen LogP contribution in [-0.2, 0) is 4.79 Å². The van der Waals surface area contributed by atoms with E-state index in [0.717, 1.165) is 5.56 Å². The number of carbonyl (C=O) groups excluding carboxylic acids is 2. The highest BCUT2D eigenvalue weighted by Crippen LogP contribution is 2.44. The van der Waals surface area contributed by atoms with E-state index in [1.165, 1.54) is 6.08 Å². The van der Waals surface area contributed by atoms with Crippen LogP contribution in [0, 0.1) is 0 Å². The van der Waals surface area contributed by atoms with Crippen LogP contribution in [0.3, 0.4) is 0 Å². The summed E-state index contributed by atoms with van der Waals surface area (Å²) >= 11 is 12.3. The summed E-state index contributed by atoms with van der Waals surface area (Å²) in [5, 5.41) is 0.732. The van der Waals surface area contributed by atoms with Gasteiger partial charge in [-0.05, 0) is 36.4 Å². The molecule has 2 aromatic carbocycles. The lowest BCUT2D eigenvalue weighted by Gasteiger charge is -2.44. The number of methoxy groups -OCH3 is 2. The molecule has 1 fully saturated rings. The minimum Gasteiger partial charge on any atom is -0.497 e. The average molecular weight is 476 g/mol. The van der Waals surface area contributed by atoms with Gasteiger partial charge in [0.1, 0.15) is 22.8 Å². The maximum atomic E-state index is 12.8. The van der Waals surface area contributed by atoms with Crippen LogP contribution >= 0.6 is 23.2 Å². The molecular formula is C24H23Cl2NO5. The first-order valence-electron chi connectivity index (χ1n) is 10.2. The van der Waals surface area contributed by atoms with Crippen molar-refractivity contribution in [1.29, 1.82) is 0 Å². The summed E-state index contributed by atoms with van der Waals surface area (Å²) in [5.74, 6) is 1.56. The number of Topliss-reactive ketones (excluding diaryl/α,β-unsaturated/α-hetero) is 1. The fourth-order valence-electron chi connectivity index (χ4n) is 4.16. The number of ketones is 1. The van der Waals surface area contributed by atoms with Crippen LogP contribution in [0.25, 0.3) is 6.08 Å². The zero-order chi connectivity index (χ0) is 22.9. The van der Waals surface area contributed by atoms with E-state index in [1.807, 2.05) is 6.07 Å². The third kappa shape index (κ3) is 4.43. The summed E-state index contributed by atoms with van der Waals surface area (Å²) in [6, 6.07) is 8.56. The van der Waals surface area contributed by atoms with Crippen molar-refractivity contribution in [1.82, 2.24) is 4.90 Å². The molecule has 168 valence electrons. The zero-order valence-corrected chi connectivity index (χ0v) is 19.3. The molecule has 32 heavy (non-hydrogen) atoms. The lowest BCUT2D eigenvalue weighted by atomic mass is 9.82. The number of piperidine rings is 1. The molecule has 2 heterocycles. The van der Waals surface area contributed by atoms with Gasteiger partial charge in [0.2, 0.25) is 5.91 Å². The molecule has 4 rings (SSSR count). The normalized spacial score (nSPS) is 17.2. The second kappa shape index (κ2) is 9.04. The van der Waals surface area contributed by atoms with Crippen LogP contribution in [-0.4, -0.2) is 49.5 Å². The number of ether oxygens (including phenoxy) is 3. The summed E-state index contributed by atoms with van der Waals surface area (Å²) < 4.78 is 16.8. The minimum absolute atomic E-state index is 0.0413. The van der Waals surface area contributed by atoms with Gasteiger partial charge in [0.25, 0.3) is 0 Å². The fourth-order valence-corrected chi connectivity index (χ4v) is 4.69. The first-order chi connectivity index (χ1) is 15.3. The van der Waals surface area contributed by atoms with Gasteiger partial charge in [0, 0.05) is 42.6 Å². The highest BCUT2D eigenvalue weighted by atomic mass is 35.5. The van der Waals surface area contributed by atoms with Gasteiger partial charge in [-0.15, -0.1) is 0 Å². The standard InChI is InChI=1S/C24H23Cl2NO5/c1-30-17-4-5-21(31-2)15(11-17)3-6-22(29)27-9-7-24(8-10-27)14-20(28)18-12-16(25)13-19(26)23(18)32-24/h3-6,11-13H,7-10,14H2,1-2H3/b6-3+. The Morgan fingerprint density at radius 3 is 2.56 bits per heavy atom. The van der Waals surface area contributed by atoms with E-state index in [1.54, 1.807) is 49.5 Å². The second-order valence-corrected chi connectivity index (χ2v) is 8.76. The Kier molecular flexibility index (Phi) is 6.35. The molecular weight excluding hydrogens is 453 g/mol. The Bertz CT molecular complexity index is 1090. The van der Waals surface area contributed by atoms with E-state index >= 15 is 0 Å². The molecule has 8 heteroatoms. The van der Waals surface area contributed by atoms with E-state index < -0.39 is 5.60 Å². The topological polar surface area (TPSA) is 65.1 Å². The average Bonchev–Trinajstić information content (AvgIpc) is 2.78. The van der Waals surface area contributed by atoms with Gasteiger partial charge in [0.05, 0.1) is 31.2 Å². The van der Waals surface area contributed by atoms with Crippen LogP contribution in [0.2, 0.25) is 10.0 Å². The number of amides is 1. The molecule has 2 aliphatic heterocycles. The third-order valence-electron chi connectivity index (χ3n) is 5.94. The molecule has 0 bridgehead atoms. The van der Waals surface area contributed by atoms with Crippen LogP contribution in [0.1, 0.15) is 35.2 Å². The van der Waals surface area contributed by atoms with Crippen molar-refractivity contribution in [3.8, 4) is 17.2 Å². The maximum absolute atomic E-state index is 12.8. The molecule has 2 aliphatic rings. The number of hydrogen-bond donors (Lipinski definition) is 0. The Balaban J connectivity index is 1.44. The molecule has 0 aliphatic carbocycles. The lowest BCUT2D eigenvalue weighted by molar-refractivity contribution is -0.129. The largest absolute Gasteiger partial charge is 0.497 e. The molecule has 0 unspecified atom stereocenters. The van der Waals surface area contributed by atoms with Crippen molar-refractivity contribution in [2.75, 3.05) is 27.3 Å². The van der Waals surface area contributed by atoms with Crippen molar-refractivity contribution in [3.63, 3.8) is 0 Å². The molecule has 0 saturated carbocycles. The molecule has 1 spiro atoms. The smallest absolute Gasteiger partial charge is 0.246 e. The first kappa shape index (κ1) is 22.5. The zero-order valence-electron chi connectivity index (χ0n) is 17.8. The van der Waals surface area contributed by atoms with Crippen molar-refractivity contribution in [2.24, 2.45) is 0 Å². The molecule has 0 radical (unpaired) electrons. The van der Waals surface area contributed by atoms with E-state index in [0.29, 0.717) is 58.8 Å². The number of hydrogen-bond acceptors (Lipinski definition) is 5. The number of likely N-dealkylation sites (tertiary alicyclic amines) is 1. The molecule has 6 nitrogen and oxygen atoms in total. The molecule has 0 N–H and O–H groups in total. The SMILES string of the molecule is COc1ccc(OC)c(/C=C/C(=O)N2CCC3(CC2)CC(=O)c2cc(Cl)cc(Cl)c2O3)c1. The molecule has 1 amide bonds. The summed E-state index contributed by atoms with van der Waals surface area (Å²) in [4.78, 5) is 27.3. The second-order valence-electron chi connectivity index (χ2n) is 7.92. The van der Waals surface area contributed by atoms with E-state index in [2.05, 4.69) is 0 Å². The molecule has 0 aromatic heterocycles. The Hall–Kier alpha value is -2.70. The van der Waals surface area contributed by atoms with Crippen molar-refractivity contribution >= 4 is 41.0 Å². The van der Waals surface area contributed by atoms with Gasteiger partial charge in [0.15, 0.2) is 5.78 Å². The quantitative estimate of drug-likeness (QED) is 0.578. The summed E-state index contributed by atoms with van der Waals surface area (Å²) in [5.41, 5.74) is 0.513. The van der Waals surface area contributed by atoms with Crippen LogP contribution in [0.5, 0.6) is 17.2 Å². The number of rotatable bonds is 4. The van der Waals surface area contributed by atoms with Gasteiger partial charge in [-0.3, -0.25) is 9.59 Å².